The van der Waals surface area contributed by atoms with Crippen molar-refractivity contribution in [1.29, 1.82) is 5.26 Å². The first-order valence-corrected chi connectivity index (χ1v) is 5.90. The smallest absolute Gasteiger partial charge is 0.377 e. The molecule has 0 unspecified atom stereocenters. The van der Waals surface area contributed by atoms with Crippen LogP contribution in [-0.4, -0.2) is 33.8 Å². The van der Waals surface area contributed by atoms with Gasteiger partial charge in [0.25, 0.3) is 5.82 Å². The number of carbonyl (C=O) groups is 2. The molecule has 1 aromatic carbocycles. The number of carbonyl (C=O) groups excluding carboxylic acids is 2. The topological polar surface area (TPSA) is 110 Å². The minimum Gasteiger partial charge on any atom is -0.463 e. The van der Waals surface area contributed by atoms with Gasteiger partial charge in [-0.05, 0) is 18.2 Å². The highest BCUT2D eigenvalue weighted by atomic mass is 16.5. The van der Waals surface area contributed by atoms with E-state index in [0.29, 0.717) is 11.3 Å². The summed E-state index contributed by atoms with van der Waals surface area (Å²) in [5.74, 6) is -1.14. The number of hydrogen-bond acceptors (Lipinski definition) is 6. The van der Waals surface area contributed by atoms with Gasteiger partial charge in [0.05, 0.1) is 18.7 Å². The summed E-state index contributed by atoms with van der Waals surface area (Å²) in [7, 11) is 1.22. The molecule has 1 amide bonds. The lowest BCUT2D eigenvalue weighted by Crippen LogP contribution is -2.19. The average molecular weight is 285 g/mol. The van der Waals surface area contributed by atoms with Gasteiger partial charge >= 0.3 is 5.97 Å². The number of anilines is 1. The second kappa shape index (κ2) is 6.29. The summed E-state index contributed by atoms with van der Waals surface area (Å²) in [4.78, 5) is 26.7. The maximum absolute atomic E-state index is 11.8. The number of methoxy groups -OCH3 is 1. The van der Waals surface area contributed by atoms with Gasteiger partial charge in [-0.2, -0.15) is 5.26 Å². The van der Waals surface area contributed by atoms with Crippen molar-refractivity contribution in [3.63, 3.8) is 0 Å². The summed E-state index contributed by atoms with van der Waals surface area (Å²) in [6.07, 6.45) is 1.26. The van der Waals surface area contributed by atoms with E-state index in [4.69, 9.17) is 5.26 Å². The first-order chi connectivity index (χ1) is 10.1. The number of benzene rings is 1. The van der Waals surface area contributed by atoms with Gasteiger partial charge in [0.2, 0.25) is 5.91 Å². The number of rotatable bonds is 4. The predicted molar refractivity (Wildman–Crippen MR) is 71.1 cm³/mol. The molecular formula is C13H11N5O3. The highest BCUT2D eigenvalue weighted by Gasteiger charge is 2.12. The third-order valence-corrected chi connectivity index (χ3v) is 2.49. The van der Waals surface area contributed by atoms with Gasteiger partial charge < -0.3 is 10.1 Å². The fourth-order valence-electron chi connectivity index (χ4n) is 1.57. The Labute approximate surface area is 120 Å². The maximum Gasteiger partial charge on any atom is 0.377 e. The summed E-state index contributed by atoms with van der Waals surface area (Å²) >= 11 is 0. The molecule has 0 saturated carbocycles. The molecular weight excluding hydrogens is 274 g/mol. The number of nitrogens with one attached hydrogen (secondary N) is 1. The van der Waals surface area contributed by atoms with E-state index in [9.17, 15) is 9.59 Å². The number of esters is 1. The largest absolute Gasteiger partial charge is 0.463 e. The zero-order valence-corrected chi connectivity index (χ0v) is 11.1. The summed E-state index contributed by atoms with van der Waals surface area (Å²) in [6.45, 7) is -0.110. The van der Waals surface area contributed by atoms with Crippen LogP contribution < -0.4 is 5.32 Å². The molecule has 0 bridgehead atoms. The molecule has 0 aliphatic rings. The van der Waals surface area contributed by atoms with Crippen molar-refractivity contribution in [3.8, 4) is 6.07 Å². The van der Waals surface area contributed by atoms with E-state index in [1.807, 2.05) is 6.07 Å². The molecule has 0 aliphatic carbocycles. The summed E-state index contributed by atoms with van der Waals surface area (Å²) in [5, 5.41) is 15.2. The van der Waals surface area contributed by atoms with Crippen LogP contribution in [0.1, 0.15) is 16.2 Å². The van der Waals surface area contributed by atoms with Gasteiger partial charge in [-0.15, -0.1) is 5.10 Å². The van der Waals surface area contributed by atoms with Gasteiger partial charge in [0.15, 0.2) is 0 Å². The Morgan fingerprint density at radius 1 is 1.48 bits per heavy atom. The first kappa shape index (κ1) is 14.2. The number of aromatic nitrogens is 3. The van der Waals surface area contributed by atoms with Crippen LogP contribution in [0.25, 0.3) is 0 Å². The van der Waals surface area contributed by atoms with E-state index in [1.54, 1.807) is 24.3 Å². The van der Waals surface area contributed by atoms with Gasteiger partial charge in [-0.25, -0.2) is 14.5 Å². The minimum absolute atomic E-state index is 0.110. The normalized spacial score (nSPS) is 9.71. The van der Waals surface area contributed by atoms with Crippen molar-refractivity contribution in [1.82, 2.24) is 14.8 Å². The molecule has 0 fully saturated rings. The Hall–Kier alpha value is -3.21. The summed E-state index contributed by atoms with van der Waals surface area (Å²) in [5.41, 5.74) is 0.953. The SMILES string of the molecule is COC(=O)c1ncn(CC(=O)Nc2cccc(C#N)c2)n1. The summed E-state index contributed by atoms with van der Waals surface area (Å²) < 4.78 is 5.69. The fourth-order valence-corrected chi connectivity index (χ4v) is 1.57. The standard InChI is InChI=1S/C13H11N5O3/c1-21-13(20)12-15-8-18(17-12)7-11(19)16-10-4-2-3-9(5-10)6-14/h2-5,8H,7H2,1H3,(H,16,19). The van der Waals surface area contributed by atoms with Crippen LogP contribution in [-0.2, 0) is 16.1 Å². The first-order valence-electron chi connectivity index (χ1n) is 5.90. The van der Waals surface area contributed by atoms with Crippen LogP contribution in [0.4, 0.5) is 5.69 Å². The number of ether oxygens (including phenoxy) is 1. The van der Waals surface area contributed by atoms with E-state index >= 15 is 0 Å². The van der Waals surface area contributed by atoms with Gasteiger partial charge in [-0.3, -0.25) is 4.79 Å². The van der Waals surface area contributed by atoms with Crippen molar-refractivity contribution >= 4 is 17.6 Å². The molecule has 1 aromatic heterocycles. The second-order valence-electron chi connectivity index (χ2n) is 4.00. The predicted octanol–water partition coefficient (Wildman–Crippen LogP) is 0.575. The molecule has 106 valence electrons. The second-order valence-corrected chi connectivity index (χ2v) is 4.00. The Morgan fingerprint density at radius 2 is 2.29 bits per heavy atom. The van der Waals surface area contributed by atoms with Crippen molar-refractivity contribution in [2.24, 2.45) is 0 Å². The van der Waals surface area contributed by atoms with Gasteiger partial charge in [0.1, 0.15) is 12.9 Å². The zero-order valence-electron chi connectivity index (χ0n) is 11.1. The van der Waals surface area contributed by atoms with Crippen molar-refractivity contribution in [2.45, 2.75) is 6.54 Å². The molecule has 1 heterocycles. The highest BCUT2D eigenvalue weighted by molar-refractivity contribution is 5.90. The number of nitrogens with zero attached hydrogens (tertiary/aromatic N) is 4. The molecule has 0 spiro atoms. The highest BCUT2D eigenvalue weighted by Crippen LogP contribution is 2.09. The van der Waals surface area contributed by atoms with Crippen LogP contribution >= 0.6 is 0 Å². The van der Waals surface area contributed by atoms with E-state index < -0.39 is 5.97 Å². The lowest BCUT2D eigenvalue weighted by molar-refractivity contribution is -0.116. The minimum atomic E-state index is -0.670. The third kappa shape index (κ3) is 3.63. The third-order valence-electron chi connectivity index (χ3n) is 2.49. The molecule has 0 aliphatic heterocycles. The molecule has 2 rings (SSSR count). The van der Waals surface area contributed by atoms with Crippen molar-refractivity contribution in [3.05, 3.63) is 42.0 Å². The Kier molecular flexibility index (Phi) is 4.26. The number of amides is 1. The van der Waals surface area contributed by atoms with Crippen LogP contribution in [0.5, 0.6) is 0 Å². The monoisotopic (exact) mass is 285 g/mol. The molecule has 8 nitrogen and oxygen atoms in total. The van der Waals surface area contributed by atoms with Gasteiger partial charge in [-0.1, -0.05) is 6.07 Å². The Morgan fingerprint density at radius 3 is 3.00 bits per heavy atom. The zero-order chi connectivity index (χ0) is 15.2. The number of nitriles is 1. The molecule has 8 heteroatoms. The van der Waals surface area contributed by atoms with Crippen molar-refractivity contribution < 1.29 is 14.3 Å². The van der Waals surface area contributed by atoms with E-state index in [2.05, 4.69) is 20.1 Å². The van der Waals surface area contributed by atoms with Crippen LogP contribution in [0.2, 0.25) is 0 Å². The van der Waals surface area contributed by atoms with Gasteiger partial charge in [0, 0.05) is 5.69 Å². The molecule has 21 heavy (non-hydrogen) atoms. The maximum atomic E-state index is 11.8. The molecule has 1 N–H and O–H groups in total. The fraction of sp³-hybridized carbons (Fsp3) is 0.154. The van der Waals surface area contributed by atoms with E-state index in [0.717, 1.165) is 0 Å². The summed E-state index contributed by atoms with van der Waals surface area (Å²) in [6, 6.07) is 8.50. The lowest BCUT2D eigenvalue weighted by Gasteiger charge is -2.05. The molecule has 0 atom stereocenters. The van der Waals surface area contributed by atoms with Crippen molar-refractivity contribution in [2.75, 3.05) is 12.4 Å². The van der Waals surface area contributed by atoms with Crippen LogP contribution in [0, 0.1) is 11.3 Å². The van der Waals surface area contributed by atoms with Crippen LogP contribution in [0.15, 0.2) is 30.6 Å². The number of hydrogen-bond donors (Lipinski definition) is 1. The molecule has 2 aromatic rings. The molecule has 0 saturated heterocycles. The van der Waals surface area contributed by atoms with E-state index in [-0.39, 0.29) is 18.3 Å². The Balaban J connectivity index is 2.00. The van der Waals surface area contributed by atoms with E-state index in [1.165, 1.54) is 18.1 Å². The molecule has 0 radical (unpaired) electrons. The van der Waals surface area contributed by atoms with Crippen LogP contribution in [0.3, 0.4) is 0 Å². The lowest BCUT2D eigenvalue weighted by atomic mass is 10.2. The quantitative estimate of drug-likeness (QED) is 0.822. The average Bonchev–Trinajstić information content (AvgIpc) is 2.94. The Bertz CT molecular complexity index is 717.